The molecule has 0 bridgehead atoms. The van der Waals surface area contributed by atoms with Crippen LogP contribution in [-0.4, -0.2) is 11.9 Å². The summed E-state index contributed by atoms with van der Waals surface area (Å²) in [6.07, 6.45) is 4.10. The molecule has 3 rings (SSSR count). The van der Waals surface area contributed by atoms with Crippen LogP contribution in [0.2, 0.25) is 0 Å². The lowest BCUT2D eigenvalue weighted by molar-refractivity contribution is -0.122. The Kier molecular flexibility index (Phi) is 4.34. The summed E-state index contributed by atoms with van der Waals surface area (Å²) in [7, 11) is 0. The number of ether oxygens (including phenoxy) is 1. The average Bonchev–Trinajstić information content (AvgIpc) is 2.50. The summed E-state index contributed by atoms with van der Waals surface area (Å²) in [4.78, 5) is 11.6. The van der Waals surface area contributed by atoms with Crippen molar-refractivity contribution >= 4 is 5.78 Å². The minimum absolute atomic E-state index is 0.0446. The van der Waals surface area contributed by atoms with Gasteiger partial charge in [-0.3, -0.25) is 4.79 Å². The van der Waals surface area contributed by atoms with Crippen LogP contribution in [0.1, 0.15) is 36.8 Å². The molecule has 0 spiro atoms. The van der Waals surface area contributed by atoms with Gasteiger partial charge in [0.2, 0.25) is 0 Å². The maximum Gasteiger partial charge on any atom is 0.136 e. The number of hydrogen-bond acceptors (Lipinski definition) is 2. The van der Waals surface area contributed by atoms with Crippen molar-refractivity contribution in [1.29, 1.82) is 0 Å². The van der Waals surface area contributed by atoms with Gasteiger partial charge in [-0.05, 0) is 30.0 Å². The van der Waals surface area contributed by atoms with E-state index in [0.717, 1.165) is 25.0 Å². The smallest absolute Gasteiger partial charge is 0.136 e. The van der Waals surface area contributed by atoms with E-state index in [2.05, 4.69) is 30.3 Å². The van der Waals surface area contributed by atoms with Crippen molar-refractivity contribution < 1.29 is 9.53 Å². The van der Waals surface area contributed by atoms with E-state index in [1.54, 1.807) is 0 Å². The molecule has 108 valence electrons. The summed E-state index contributed by atoms with van der Waals surface area (Å²) in [6.45, 7) is 0. The van der Waals surface area contributed by atoms with Crippen LogP contribution in [0.4, 0.5) is 0 Å². The quantitative estimate of drug-likeness (QED) is 0.840. The Balaban J connectivity index is 1.74. The molecule has 1 saturated carbocycles. The van der Waals surface area contributed by atoms with Crippen molar-refractivity contribution in [3.8, 4) is 5.75 Å². The number of ketones is 1. The molecule has 0 aliphatic heterocycles. The van der Waals surface area contributed by atoms with E-state index in [-0.39, 0.29) is 6.10 Å². The number of carbonyl (C=O) groups excluding carboxylic acids is 1. The largest absolute Gasteiger partial charge is 0.490 e. The molecule has 21 heavy (non-hydrogen) atoms. The molecule has 0 heterocycles. The molecule has 0 radical (unpaired) electrons. The van der Waals surface area contributed by atoms with E-state index in [0.29, 0.717) is 18.6 Å². The third-order valence-electron chi connectivity index (χ3n) is 3.94. The van der Waals surface area contributed by atoms with Gasteiger partial charge in [0.05, 0.1) is 0 Å². The van der Waals surface area contributed by atoms with Gasteiger partial charge in [0, 0.05) is 19.3 Å². The highest BCUT2D eigenvalue weighted by molar-refractivity contribution is 5.79. The summed E-state index contributed by atoms with van der Waals surface area (Å²) in [5.41, 5.74) is 2.45. The van der Waals surface area contributed by atoms with Gasteiger partial charge >= 0.3 is 0 Å². The van der Waals surface area contributed by atoms with Crippen molar-refractivity contribution in [2.45, 2.75) is 38.2 Å². The fourth-order valence-electron chi connectivity index (χ4n) is 2.85. The Hall–Kier alpha value is -2.09. The molecule has 1 aliphatic carbocycles. The third-order valence-corrected chi connectivity index (χ3v) is 3.94. The number of para-hydroxylation sites is 1. The zero-order valence-electron chi connectivity index (χ0n) is 12.1. The van der Waals surface area contributed by atoms with Crippen LogP contribution in [0.3, 0.4) is 0 Å². The topological polar surface area (TPSA) is 26.3 Å². The third kappa shape index (κ3) is 3.72. The molecule has 2 nitrogen and oxygen atoms in total. The fraction of sp³-hybridized carbons (Fsp3) is 0.316. The van der Waals surface area contributed by atoms with Crippen LogP contribution in [0.15, 0.2) is 54.6 Å². The molecule has 1 atom stereocenters. The predicted octanol–water partition coefficient (Wildman–Crippen LogP) is 4.17. The summed E-state index contributed by atoms with van der Waals surface area (Å²) < 4.78 is 6.11. The van der Waals surface area contributed by atoms with Gasteiger partial charge in [0.1, 0.15) is 17.6 Å². The van der Waals surface area contributed by atoms with E-state index in [1.807, 2.05) is 24.3 Å². The molecule has 0 amide bonds. The van der Waals surface area contributed by atoms with Crippen molar-refractivity contribution in [2.24, 2.45) is 0 Å². The van der Waals surface area contributed by atoms with Gasteiger partial charge in [-0.25, -0.2) is 0 Å². The highest BCUT2D eigenvalue weighted by Crippen LogP contribution is 2.26. The van der Waals surface area contributed by atoms with E-state index < -0.39 is 0 Å². The predicted molar refractivity (Wildman–Crippen MR) is 83.6 cm³/mol. The Morgan fingerprint density at radius 3 is 2.57 bits per heavy atom. The van der Waals surface area contributed by atoms with E-state index >= 15 is 0 Å². The fourth-order valence-corrected chi connectivity index (χ4v) is 2.85. The minimum Gasteiger partial charge on any atom is -0.490 e. The van der Waals surface area contributed by atoms with E-state index in [4.69, 9.17) is 4.74 Å². The molecule has 0 saturated heterocycles. The van der Waals surface area contributed by atoms with Gasteiger partial charge in [0.25, 0.3) is 0 Å². The van der Waals surface area contributed by atoms with Gasteiger partial charge in [-0.2, -0.15) is 0 Å². The average molecular weight is 280 g/mol. The number of Topliss-reactive ketones (excluding diaryl/α,β-unsaturated/α-hetero) is 1. The van der Waals surface area contributed by atoms with E-state index in [1.165, 1.54) is 11.1 Å². The Bertz CT molecular complexity index is 604. The first-order valence-corrected chi connectivity index (χ1v) is 7.61. The van der Waals surface area contributed by atoms with Crippen molar-refractivity contribution in [2.75, 3.05) is 0 Å². The summed E-state index contributed by atoms with van der Waals surface area (Å²) >= 11 is 0. The van der Waals surface area contributed by atoms with Gasteiger partial charge < -0.3 is 4.74 Å². The maximum atomic E-state index is 11.6. The zero-order chi connectivity index (χ0) is 14.5. The minimum atomic E-state index is 0.0446. The second-order valence-electron chi connectivity index (χ2n) is 5.64. The van der Waals surface area contributed by atoms with Gasteiger partial charge in [-0.15, -0.1) is 0 Å². The van der Waals surface area contributed by atoms with Crippen LogP contribution in [0.25, 0.3) is 0 Å². The first-order valence-electron chi connectivity index (χ1n) is 7.61. The molecule has 1 fully saturated rings. The number of benzene rings is 2. The summed E-state index contributed by atoms with van der Waals surface area (Å²) in [5, 5.41) is 0. The van der Waals surface area contributed by atoms with Crippen LogP contribution >= 0.6 is 0 Å². The Morgan fingerprint density at radius 1 is 1.00 bits per heavy atom. The lowest BCUT2D eigenvalue weighted by atomic mass is 9.96. The first-order chi connectivity index (χ1) is 10.3. The van der Waals surface area contributed by atoms with E-state index in [9.17, 15) is 4.79 Å². The van der Waals surface area contributed by atoms with Gasteiger partial charge in [-0.1, -0.05) is 48.5 Å². The second kappa shape index (κ2) is 6.57. The zero-order valence-corrected chi connectivity index (χ0v) is 12.1. The molecule has 2 aromatic carbocycles. The second-order valence-corrected chi connectivity index (χ2v) is 5.64. The molecular formula is C19H20O2. The molecule has 0 aromatic heterocycles. The van der Waals surface area contributed by atoms with Crippen molar-refractivity contribution in [3.05, 3.63) is 65.7 Å². The molecular weight excluding hydrogens is 260 g/mol. The van der Waals surface area contributed by atoms with Crippen molar-refractivity contribution in [1.82, 2.24) is 0 Å². The Morgan fingerprint density at radius 2 is 1.76 bits per heavy atom. The lowest BCUT2D eigenvalue weighted by Gasteiger charge is -2.23. The van der Waals surface area contributed by atoms with Crippen LogP contribution in [0.5, 0.6) is 5.75 Å². The molecule has 0 N–H and O–H groups in total. The Labute approximate surface area is 125 Å². The molecule has 2 aromatic rings. The van der Waals surface area contributed by atoms with Crippen LogP contribution < -0.4 is 4.74 Å². The first kappa shape index (κ1) is 13.9. The summed E-state index contributed by atoms with van der Waals surface area (Å²) in [6, 6.07) is 18.5. The van der Waals surface area contributed by atoms with Crippen molar-refractivity contribution in [3.63, 3.8) is 0 Å². The lowest BCUT2D eigenvalue weighted by Crippen LogP contribution is -2.25. The highest BCUT2D eigenvalue weighted by atomic mass is 16.5. The number of rotatable bonds is 4. The molecule has 1 aliphatic rings. The maximum absolute atomic E-state index is 11.6. The summed E-state index contributed by atoms with van der Waals surface area (Å²) in [5.74, 6) is 1.24. The number of hydrogen-bond donors (Lipinski definition) is 0. The van der Waals surface area contributed by atoms with Gasteiger partial charge in [0.15, 0.2) is 0 Å². The molecule has 2 heteroatoms. The number of carbonyl (C=O) groups is 1. The standard InChI is InChI=1S/C19H20O2/c20-17-10-6-11-18(14-17)21-19-12-5-4-9-16(19)13-15-7-2-1-3-8-15/h1-5,7-9,12,18H,6,10-11,13-14H2. The molecule has 1 unspecified atom stereocenters. The normalized spacial score (nSPS) is 18.5. The SMILES string of the molecule is O=C1CCCC(Oc2ccccc2Cc2ccccc2)C1. The highest BCUT2D eigenvalue weighted by Gasteiger charge is 2.21. The monoisotopic (exact) mass is 280 g/mol. The van der Waals surface area contributed by atoms with Crippen LogP contribution in [-0.2, 0) is 11.2 Å². The van der Waals surface area contributed by atoms with Crippen LogP contribution in [0, 0.1) is 0 Å².